The summed E-state index contributed by atoms with van der Waals surface area (Å²) in [6.45, 7) is 2.25. The van der Waals surface area contributed by atoms with Gasteiger partial charge in [0, 0.05) is 42.6 Å². The van der Waals surface area contributed by atoms with Crippen molar-refractivity contribution in [1.29, 1.82) is 0 Å². The van der Waals surface area contributed by atoms with Crippen molar-refractivity contribution >= 4 is 38.8 Å². The van der Waals surface area contributed by atoms with Crippen molar-refractivity contribution in [1.82, 2.24) is 19.4 Å². The van der Waals surface area contributed by atoms with Crippen molar-refractivity contribution in [3.8, 4) is 10.4 Å². The van der Waals surface area contributed by atoms with Crippen LogP contribution in [0.4, 0.5) is 0 Å². The zero-order chi connectivity index (χ0) is 20.1. The second-order valence-corrected chi connectivity index (χ2v) is 8.47. The molecule has 7 nitrogen and oxygen atoms in total. The topological polar surface area (TPSA) is 67.7 Å². The van der Waals surface area contributed by atoms with Crippen LogP contribution in [0.25, 0.3) is 20.7 Å². The van der Waals surface area contributed by atoms with Gasteiger partial charge in [-0.2, -0.15) is 0 Å². The number of hydrogen-bond donors (Lipinski definition) is 0. The normalized spacial score (nSPS) is 11.4. The maximum absolute atomic E-state index is 13.1. The molecule has 0 aromatic carbocycles. The fourth-order valence-corrected chi connectivity index (χ4v) is 4.54. The number of hydrogen-bond acceptors (Lipinski definition) is 7. The standard InChI is InChI=1S/C19H24N4O3S2/c1-21(2)6-7-22(8-9-26-3)16(24)11-23-13-20-18-17(19(23)25)14(12-28-18)15-5-4-10-27-15/h4-5,10,12-13H,6-9,11H2,1-3H3. The van der Waals surface area contributed by atoms with E-state index in [1.165, 1.54) is 22.2 Å². The molecule has 0 bridgehead atoms. The van der Waals surface area contributed by atoms with E-state index in [4.69, 9.17) is 4.74 Å². The molecule has 3 rings (SSSR count). The van der Waals surface area contributed by atoms with E-state index in [-0.39, 0.29) is 18.0 Å². The molecule has 150 valence electrons. The van der Waals surface area contributed by atoms with E-state index in [9.17, 15) is 9.59 Å². The van der Waals surface area contributed by atoms with E-state index in [0.717, 1.165) is 17.0 Å². The van der Waals surface area contributed by atoms with Crippen LogP contribution in [0.5, 0.6) is 0 Å². The third-order valence-corrected chi connectivity index (χ3v) is 6.18. The molecular weight excluding hydrogens is 396 g/mol. The second-order valence-electron chi connectivity index (χ2n) is 6.66. The number of thiophene rings is 2. The summed E-state index contributed by atoms with van der Waals surface area (Å²) in [6.07, 6.45) is 1.47. The second kappa shape index (κ2) is 9.42. The Kier molecular flexibility index (Phi) is 6.95. The van der Waals surface area contributed by atoms with Gasteiger partial charge < -0.3 is 14.5 Å². The summed E-state index contributed by atoms with van der Waals surface area (Å²) in [5.74, 6) is -0.116. The van der Waals surface area contributed by atoms with E-state index >= 15 is 0 Å². The number of aromatic nitrogens is 2. The summed E-state index contributed by atoms with van der Waals surface area (Å²) >= 11 is 3.03. The molecule has 0 N–H and O–H groups in total. The van der Waals surface area contributed by atoms with Crippen molar-refractivity contribution in [3.63, 3.8) is 0 Å². The number of ether oxygens (including phenoxy) is 1. The predicted octanol–water partition coefficient (Wildman–Crippen LogP) is 2.22. The Labute approximate surface area is 171 Å². The molecule has 3 aromatic rings. The summed E-state index contributed by atoms with van der Waals surface area (Å²) in [6, 6.07) is 3.95. The number of likely N-dealkylation sites (N-methyl/N-ethyl adjacent to an activating group) is 1. The Bertz CT molecular complexity index is 979. The van der Waals surface area contributed by atoms with Crippen molar-refractivity contribution < 1.29 is 9.53 Å². The summed E-state index contributed by atoms with van der Waals surface area (Å²) in [4.78, 5) is 35.8. The Balaban J connectivity index is 1.86. The van der Waals surface area contributed by atoms with Gasteiger partial charge in [-0.15, -0.1) is 22.7 Å². The molecule has 0 aliphatic carbocycles. The zero-order valence-electron chi connectivity index (χ0n) is 16.3. The molecule has 0 saturated heterocycles. The molecule has 28 heavy (non-hydrogen) atoms. The molecule has 1 amide bonds. The third kappa shape index (κ3) is 4.67. The highest BCUT2D eigenvalue weighted by Gasteiger charge is 2.18. The summed E-state index contributed by atoms with van der Waals surface area (Å²) in [5, 5.41) is 4.52. The van der Waals surface area contributed by atoms with Gasteiger partial charge in [0.25, 0.3) is 5.56 Å². The fraction of sp³-hybridized carbons (Fsp3) is 0.421. The third-order valence-electron chi connectivity index (χ3n) is 4.39. The van der Waals surface area contributed by atoms with Gasteiger partial charge in [0.15, 0.2) is 0 Å². The highest BCUT2D eigenvalue weighted by Crippen LogP contribution is 2.33. The first kappa shape index (κ1) is 20.7. The van der Waals surface area contributed by atoms with Gasteiger partial charge in [0.2, 0.25) is 5.91 Å². The van der Waals surface area contributed by atoms with Crippen LogP contribution in [-0.4, -0.2) is 72.7 Å². The molecule has 0 aliphatic rings. The molecule has 0 spiro atoms. The Morgan fingerprint density at radius 1 is 1.25 bits per heavy atom. The largest absolute Gasteiger partial charge is 0.383 e. The highest BCUT2D eigenvalue weighted by atomic mass is 32.1. The number of carbonyl (C=O) groups excluding carboxylic acids is 1. The Morgan fingerprint density at radius 2 is 2.07 bits per heavy atom. The monoisotopic (exact) mass is 420 g/mol. The average Bonchev–Trinajstić information content (AvgIpc) is 3.33. The van der Waals surface area contributed by atoms with Crippen LogP contribution in [0.1, 0.15) is 0 Å². The van der Waals surface area contributed by atoms with Crippen LogP contribution < -0.4 is 5.56 Å². The highest BCUT2D eigenvalue weighted by molar-refractivity contribution is 7.18. The predicted molar refractivity (Wildman–Crippen MR) is 114 cm³/mol. The van der Waals surface area contributed by atoms with Crippen molar-refractivity contribution in [2.24, 2.45) is 0 Å². The lowest BCUT2D eigenvalue weighted by Gasteiger charge is -2.24. The minimum Gasteiger partial charge on any atom is -0.383 e. The van der Waals surface area contributed by atoms with Crippen LogP contribution in [0.2, 0.25) is 0 Å². The summed E-state index contributed by atoms with van der Waals surface area (Å²) in [7, 11) is 5.54. The smallest absolute Gasteiger partial charge is 0.263 e. The van der Waals surface area contributed by atoms with Crippen LogP contribution in [0.3, 0.4) is 0 Å². The number of nitrogens with zero attached hydrogens (tertiary/aromatic N) is 4. The molecule has 3 aromatic heterocycles. The minimum atomic E-state index is -0.178. The Hall–Kier alpha value is -2.07. The van der Waals surface area contributed by atoms with E-state index < -0.39 is 0 Å². The van der Waals surface area contributed by atoms with Gasteiger partial charge in [-0.3, -0.25) is 14.2 Å². The number of rotatable bonds is 9. The van der Waals surface area contributed by atoms with Crippen LogP contribution >= 0.6 is 22.7 Å². The first-order chi connectivity index (χ1) is 13.5. The summed E-state index contributed by atoms with van der Waals surface area (Å²) in [5.41, 5.74) is 0.709. The maximum atomic E-state index is 13.1. The molecular formula is C19H24N4O3S2. The summed E-state index contributed by atoms with van der Waals surface area (Å²) < 4.78 is 6.53. The van der Waals surface area contributed by atoms with Crippen LogP contribution in [-0.2, 0) is 16.1 Å². The number of fused-ring (bicyclic) bond motifs is 1. The number of amides is 1. The molecule has 0 aliphatic heterocycles. The average molecular weight is 421 g/mol. The van der Waals surface area contributed by atoms with Gasteiger partial charge in [0.05, 0.1) is 18.3 Å². The van der Waals surface area contributed by atoms with Gasteiger partial charge in [-0.05, 0) is 25.5 Å². The molecule has 3 heterocycles. The first-order valence-corrected chi connectivity index (χ1v) is 10.7. The Morgan fingerprint density at radius 3 is 2.75 bits per heavy atom. The van der Waals surface area contributed by atoms with Crippen molar-refractivity contribution in [2.75, 3.05) is 47.4 Å². The van der Waals surface area contributed by atoms with Crippen LogP contribution in [0, 0.1) is 0 Å². The minimum absolute atomic E-state index is 0.0291. The zero-order valence-corrected chi connectivity index (χ0v) is 17.9. The SMILES string of the molecule is COCCN(CCN(C)C)C(=O)Cn1cnc2scc(-c3cccs3)c2c1=O. The molecule has 0 radical (unpaired) electrons. The first-order valence-electron chi connectivity index (χ1n) is 8.93. The van der Waals surface area contributed by atoms with Gasteiger partial charge >= 0.3 is 0 Å². The van der Waals surface area contributed by atoms with Crippen LogP contribution in [0.15, 0.2) is 34.0 Å². The van der Waals surface area contributed by atoms with Gasteiger partial charge in [-0.25, -0.2) is 4.98 Å². The molecule has 9 heteroatoms. The van der Waals surface area contributed by atoms with Crippen molar-refractivity contribution in [2.45, 2.75) is 6.54 Å². The van der Waals surface area contributed by atoms with E-state index in [1.807, 2.05) is 41.9 Å². The lowest BCUT2D eigenvalue weighted by Crippen LogP contribution is -2.41. The van der Waals surface area contributed by atoms with Gasteiger partial charge in [-0.1, -0.05) is 6.07 Å². The lowest BCUT2D eigenvalue weighted by molar-refractivity contribution is -0.132. The quantitative estimate of drug-likeness (QED) is 0.531. The number of methoxy groups -OCH3 is 1. The molecule has 0 unspecified atom stereocenters. The lowest BCUT2D eigenvalue weighted by atomic mass is 10.2. The number of carbonyl (C=O) groups is 1. The molecule has 0 fully saturated rings. The molecule has 0 atom stereocenters. The van der Waals surface area contributed by atoms with E-state index in [0.29, 0.717) is 29.9 Å². The van der Waals surface area contributed by atoms with Crippen molar-refractivity contribution in [3.05, 3.63) is 39.6 Å². The van der Waals surface area contributed by atoms with E-state index in [2.05, 4.69) is 4.98 Å². The maximum Gasteiger partial charge on any atom is 0.263 e. The fourth-order valence-electron chi connectivity index (χ4n) is 2.82. The van der Waals surface area contributed by atoms with E-state index in [1.54, 1.807) is 23.3 Å². The molecule has 0 saturated carbocycles. The van der Waals surface area contributed by atoms with Gasteiger partial charge in [0.1, 0.15) is 11.4 Å².